The minimum Gasteiger partial charge on any atom is -0.346 e. The van der Waals surface area contributed by atoms with Gasteiger partial charge in [0.15, 0.2) is 0 Å². The number of thiazole rings is 1. The molecule has 2 aromatic rings. The molecule has 1 heterocycles. The minimum atomic E-state index is -0.0566. The van der Waals surface area contributed by atoms with Crippen LogP contribution >= 0.6 is 11.3 Å². The van der Waals surface area contributed by atoms with Gasteiger partial charge >= 0.3 is 0 Å². The average Bonchev–Trinajstić information content (AvgIpc) is 2.85. The summed E-state index contributed by atoms with van der Waals surface area (Å²) < 4.78 is 0. The fourth-order valence-corrected chi connectivity index (χ4v) is 2.26. The summed E-state index contributed by atoms with van der Waals surface area (Å²) in [7, 11) is 0. The van der Waals surface area contributed by atoms with Crippen LogP contribution in [0.25, 0.3) is 0 Å². The van der Waals surface area contributed by atoms with E-state index in [-0.39, 0.29) is 5.91 Å². The summed E-state index contributed by atoms with van der Waals surface area (Å²) in [4.78, 5) is 16.2. The molecule has 1 aromatic heterocycles. The van der Waals surface area contributed by atoms with Crippen molar-refractivity contribution in [1.29, 1.82) is 0 Å². The van der Waals surface area contributed by atoms with E-state index in [9.17, 15) is 4.79 Å². The molecule has 1 N–H and O–H groups in total. The van der Waals surface area contributed by atoms with Crippen molar-refractivity contribution in [3.8, 4) is 0 Å². The molecule has 1 aromatic carbocycles. The zero-order valence-corrected chi connectivity index (χ0v) is 10.5. The number of rotatable bonds is 4. The molecular weight excluding hydrogens is 232 g/mol. The molecule has 0 saturated carbocycles. The zero-order chi connectivity index (χ0) is 12.1. The number of benzene rings is 1. The highest BCUT2D eigenvalue weighted by molar-refractivity contribution is 7.09. The van der Waals surface area contributed by atoms with Gasteiger partial charge in [0.1, 0.15) is 5.01 Å². The molecule has 0 atom stereocenters. The third-order valence-corrected chi connectivity index (χ3v) is 3.30. The van der Waals surface area contributed by atoms with E-state index in [0.29, 0.717) is 12.1 Å². The highest BCUT2D eigenvalue weighted by Crippen LogP contribution is 2.10. The maximum Gasteiger partial charge on any atom is 0.251 e. The largest absolute Gasteiger partial charge is 0.346 e. The lowest BCUT2D eigenvalue weighted by molar-refractivity contribution is 0.0951. The Hall–Kier alpha value is -1.68. The summed E-state index contributed by atoms with van der Waals surface area (Å²) >= 11 is 1.59. The highest BCUT2D eigenvalue weighted by atomic mass is 32.1. The van der Waals surface area contributed by atoms with E-state index in [0.717, 1.165) is 17.1 Å². The van der Waals surface area contributed by atoms with Gasteiger partial charge in [0, 0.05) is 10.9 Å². The Bertz CT molecular complexity index is 493. The van der Waals surface area contributed by atoms with E-state index >= 15 is 0 Å². The van der Waals surface area contributed by atoms with Gasteiger partial charge in [0.25, 0.3) is 5.91 Å². The molecule has 0 aliphatic carbocycles. The molecule has 0 aliphatic heterocycles. The number of nitrogens with zero attached hydrogens (tertiary/aromatic N) is 1. The summed E-state index contributed by atoms with van der Waals surface area (Å²) in [6.07, 6.45) is 0.934. The first-order valence-electron chi connectivity index (χ1n) is 5.56. The Labute approximate surface area is 105 Å². The standard InChI is InChI=1S/C13H14N2OS/c1-2-11-9-17-12(15-11)8-14-13(16)10-6-4-3-5-7-10/h3-7,9H,2,8H2,1H3,(H,14,16). The molecule has 1 amide bonds. The van der Waals surface area contributed by atoms with E-state index in [1.807, 2.05) is 23.6 Å². The van der Waals surface area contributed by atoms with Gasteiger partial charge in [-0.25, -0.2) is 4.98 Å². The molecule has 0 saturated heterocycles. The number of amides is 1. The maximum absolute atomic E-state index is 11.8. The van der Waals surface area contributed by atoms with Crippen molar-refractivity contribution in [1.82, 2.24) is 10.3 Å². The number of hydrogen-bond donors (Lipinski definition) is 1. The van der Waals surface area contributed by atoms with Crippen molar-refractivity contribution in [2.45, 2.75) is 19.9 Å². The molecular formula is C13H14N2OS. The van der Waals surface area contributed by atoms with Crippen molar-refractivity contribution in [3.63, 3.8) is 0 Å². The third kappa shape index (κ3) is 3.14. The van der Waals surface area contributed by atoms with Crippen LogP contribution in [-0.4, -0.2) is 10.9 Å². The second-order valence-corrected chi connectivity index (χ2v) is 4.58. The average molecular weight is 246 g/mol. The first-order valence-corrected chi connectivity index (χ1v) is 6.44. The van der Waals surface area contributed by atoms with Gasteiger partial charge in [-0.05, 0) is 18.6 Å². The van der Waals surface area contributed by atoms with Gasteiger partial charge < -0.3 is 5.32 Å². The van der Waals surface area contributed by atoms with Crippen LogP contribution in [-0.2, 0) is 13.0 Å². The van der Waals surface area contributed by atoms with Crippen LogP contribution in [0.5, 0.6) is 0 Å². The first kappa shape index (κ1) is 11.8. The lowest BCUT2D eigenvalue weighted by atomic mass is 10.2. The van der Waals surface area contributed by atoms with Gasteiger partial charge in [0.05, 0.1) is 12.2 Å². The van der Waals surface area contributed by atoms with Gasteiger partial charge in [-0.2, -0.15) is 0 Å². The lowest BCUT2D eigenvalue weighted by Gasteiger charge is -2.02. The van der Waals surface area contributed by atoms with Crippen molar-refractivity contribution in [2.24, 2.45) is 0 Å². The number of aromatic nitrogens is 1. The van der Waals surface area contributed by atoms with Gasteiger partial charge in [0.2, 0.25) is 0 Å². The fourth-order valence-electron chi connectivity index (χ4n) is 1.44. The quantitative estimate of drug-likeness (QED) is 0.901. The van der Waals surface area contributed by atoms with Crippen LogP contribution in [0.2, 0.25) is 0 Å². The Kier molecular flexibility index (Phi) is 3.88. The maximum atomic E-state index is 11.8. The molecule has 0 aliphatic rings. The van der Waals surface area contributed by atoms with Crippen LogP contribution in [0.1, 0.15) is 28.0 Å². The first-order chi connectivity index (χ1) is 8.29. The molecule has 0 radical (unpaired) electrons. The molecule has 0 fully saturated rings. The van der Waals surface area contributed by atoms with Gasteiger partial charge in [-0.3, -0.25) is 4.79 Å². The predicted octanol–water partition coefficient (Wildman–Crippen LogP) is 2.64. The van der Waals surface area contributed by atoms with Crippen molar-refractivity contribution >= 4 is 17.2 Å². The van der Waals surface area contributed by atoms with Crippen LogP contribution < -0.4 is 5.32 Å². The number of carbonyl (C=O) groups excluding carboxylic acids is 1. The fraction of sp³-hybridized carbons (Fsp3) is 0.231. The molecule has 0 unspecified atom stereocenters. The monoisotopic (exact) mass is 246 g/mol. The van der Waals surface area contributed by atoms with E-state index in [4.69, 9.17) is 0 Å². The zero-order valence-electron chi connectivity index (χ0n) is 9.64. The molecule has 0 bridgehead atoms. The number of nitrogens with one attached hydrogen (secondary N) is 1. The highest BCUT2D eigenvalue weighted by Gasteiger charge is 2.05. The normalized spacial score (nSPS) is 10.2. The topological polar surface area (TPSA) is 42.0 Å². The minimum absolute atomic E-state index is 0.0566. The van der Waals surface area contributed by atoms with Crippen LogP contribution in [0.4, 0.5) is 0 Å². The SMILES string of the molecule is CCc1csc(CNC(=O)c2ccccc2)n1. The van der Waals surface area contributed by atoms with E-state index in [1.165, 1.54) is 0 Å². The third-order valence-electron chi connectivity index (χ3n) is 2.40. The Morgan fingerprint density at radius 1 is 1.35 bits per heavy atom. The molecule has 88 valence electrons. The van der Waals surface area contributed by atoms with E-state index in [1.54, 1.807) is 23.5 Å². The Morgan fingerprint density at radius 3 is 2.76 bits per heavy atom. The summed E-state index contributed by atoms with van der Waals surface area (Å²) in [5.41, 5.74) is 1.76. The summed E-state index contributed by atoms with van der Waals surface area (Å²) in [6.45, 7) is 2.57. The van der Waals surface area contributed by atoms with Crippen LogP contribution in [0, 0.1) is 0 Å². The van der Waals surface area contributed by atoms with Crippen LogP contribution in [0.3, 0.4) is 0 Å². The van der Waals surface area contributed by atoms with Crippen molar-refractivity contribution in [2.75, 3.05) is 0 Å². The number of hydrogen-bond acceptors (Lipinski definition) is 3. The Balaban J connectivity index is 1.92. The molecule has 4 heteroatoms. The second kappa shape index (κ2) is 5.59. The number of aryl methyl sites for hydroxylation is 1. The second-order valence-electron chi connectivity index (χ2n) is 3.63. The molecule has 0 spiro atoms. The van der Waals surface area contributed by atoms with Crippen molar-refractivity contribution in [3.05, 3.63) is 52.0 Å². The summed E-state index contributed by atoms with van der Waals surface area (Å²) in [5.74, 6) is -0.0566. The van der Waals surface area contributed by atoms with Gasteiger partial charge in [-0.1, -0.05) is 25.1 Å². The molecule has 17 heavy (non-hydrogen) atoms. The lowest BCUT2D eigenvalue weighted by Crippen LogP contribution is -2.22. The van der Waals surface area contributed by atoms with Crippen molar-refractivity contribution < 1.29 is 4.79 Å². The number of carbonyl (C=O) groups is 1. The van der Waals surface area contributed by atoms with E-state index in [2.05, 4.69) is 17.2 Å². The van der Waals surface area contributed by atoms with Gasteiger partial charge in [-0.15, -0.1) is 11.3 Å². The van der Waals surface area contributed by atoms with Crippen LogP contribution in [0.15, 0.2) is 35.7 Å². The van der Waals surface area contributed by atoms with E-state index < -0.39 is 0 Å². The summed E-state index contributed by atoms with van der Waals surface area (Å²) in [5, 5.41) is 5.84. The Morgan fingerprint density at radius 2 is 2.12 bits per heavy atom. The molecule has 3 nitrogen and oxygen atoms in total. The smallest absolute Gasteiger partial charge is 0.251 e. The predicted molar refractivity (Wildman–Crippen MR) is 69.1 cm³/mol. The molecule has 2 rings (SSSR count). The summed E-state index contributed by atoms with van der Waals surface area (Å²) in [6, 6.07) is 9.20.